The van der Waals surface area contributed by atoms with Gasteiger partial charge in [0, 0.05) is 32.0 Å². The fourth-order valence-electron chi connectivity index (χ4n) is 2.92. The number of nitrogens with zero attached hydrogens (tertiary/aromatic N) is 3. The van der Waals surface area contributed by atoms with Crippen molar-refractivity contribution in [2.24, 2.45) is 0 Å². The molecule has 1 aliphatic heterocycles. The van der Waals surface area contributed by atoms with Crippen LogP contribution in [0.1, 0.15) is 17.4 Å². The number of aromatic amines is 1. The summed E-state index contributed by atoms with van der Waals surface area (Å²) in [6, 6.07) is 7.12. The van der Waals surface area contributed by atoms with Crippen LogP contribution >= 0.6 is 0 Å². The van der Waals surface area contributed by atoms with E-state index in [2.05, 4.69) is 14.9 Å². The number of methoxy groups -OCH3 is 1. The molecule has 0 unspecified atom stereocenters. The van der Waals surface area contributed by atoms with Gasteiger partial charge in [-0.05, 0) is 24.7 Å². The van der Waals surface area contributed by atoms with E-state index < -0.39 is 10.0 Å². The minimum Gasteiger partial charge on any atom is -0.497 e. The molecule has 0 aliphatic carbocycles. The van der Waals surface area contributed by atoms with E-state index in [9.17, 15) is 8.42 Å². The van der Waals surface area contributed by atoms with Crippen molar-refractivity contribution in [2.45, 2.75) is 11.8 Å². The van der Waals surface area contributed by atoms with E-state index in [0.717, 1.165) is 11.4 Å². The Labute approximate surface area is 142 Å². The molecule has 0 amide bonds. The molecule has 130 valence electrons. The number of piperazine rings is 1. The molecule has 1 fully saturated rings. The highest BCUT2D eigenvalue weighted by Gasteiger charge is 2.33. The molecule has 1 atom stereocenters. The van der Waals surface area contributed by atoms with E-state index in [1.807, 2.05) is 7.05 Å². The molecule has 7 nitrogen and oxygen atoms in total. The Morgan fingerprint density at radius 2 is 2.21 bits per heavy atom. The number of sulfonamides is 1. The zero-order valence-electron chi connectivity index (χ0n) is 13.8. The van der Waals surface area contributed by atoms with Crippen molar-refractivity contribution in [2.75, 3.05) is 33.8 Å². The molecule has 2 aromatic rings. The Bertz CT molecular complexity index is 776. The Hall–Kier alpha value is -1.90. The van der Waals surface area contributed by atoms with Crippen molar-refractivity contribution in [3.8, 4) is 5.75 Å². The lowest BCUT2D eigenvalue weighted by Gasteiger charge is -2.37. The van der Waals surface area contributed by atoms with Crippen molar-refractivity contribution in [1.82, 2.24) is 19.2 Å². The summed E-state index contributed by atoms with van der Waals surface area (Å²) in [6.45, 7) is 1.55. The lowest BCUT2D eigenvalue weighted by atomic mass is 10.2. The first-order valence-corrected chi connectivity index (χ1v) is 9.41. The number of rotatable bonds is 5. The van der Waals surface area contributed by atoms with Crippen LogP contribution in [0, 0.1) is 0 Å². The van der Waals surface area contributed by atoms with Crippen molar-refractivity contribution < 1.29 is 13.2 Å². The monoisotopic (exact) mass is 350 g/mol. The molecule has 24 heavy (non-hydrogen) atoms. The van der Waals surface area contributed by atoms with Gasteiger partial charge in [0.05, 0.1) is 18.9 Å². The summed E-state index contributed by atoms with van der Waals surface area (Å²) in [5.41, 5.74) is 0.725. The average Bonchev–Trinajstić information content (AvgIpc) is 3.09. The van der Waals surface area contributed by atoms with Gasteiger partial charge in [-0.15, -0.1) is 0 Å². The van der Waals surface area contributed by atoms with Gasteiger partial charge in [0.25, 0.3) is 0 Å². The van der Waals surface area contributed by atoms with Gasteiger partial charge in [0.2, 0.25) is 10.0 Å². The summed E-state index contributed by atoms with van der Waals surface area (Å²) < 4.78 is 32.3. The zero-order valence-corrected chi connectivity index (χ0v) is 14.7. The number of H-pyrrole nitrogens is 1. The Balaban J connectivity index is 1.76. The first-order valence-electron chi connectivity index (χ1n) is 7.80. The second-order valence-corrected chi connectivity index (χ2v) is 7.91. The van der Waals surface area contributed by atoms with Gasteiger partial charge < -0.3 is 9.72 Å². The third-order valence-corrected chi connectivity index (χ3v) is 6.14. The van der Waals surface area contributed by atoms with E-state index in [1.165, 1.54) is 0 Å². The molecule has 0 saturated carbocycles. The Morgan fingerprint density at radius 1 is 1.38 bits per heavy atom. The predicted octanol–water partition coefficient (Wildman–Crippen LogP) is 1.24. The number of nitrogens with one attached hydrogen (secondary N) is 1. The van der Waals surface area contributed by atoms with E-state index in [4.69, 9.17) is 4.74 Å². The Kier molecular flexibility index (Phi) is 4.88. The highest BCUT2D eigenvalue weighted by atomic mass is 32.2. The van der Waals surface area contributed by atoms with Crippen LogP contribution in [0.25, 0.3) is 0 Å². The van der Waals surface area contributed by atoms with E-state index in [1.54, 1.807) is 48.1 Å². The summed E-state index contributed by atoms with van der Waals surface area (Å²) in [4.78, 5) is 9.48. The number of ether oxygens (including phenoxy) is 1. The highest BCUT2D eigenvalue weighted by Crippen LogP contribution is 2.25. The molecular weight excluding hydrogens is 328 g/mol. The van der Waals surface area contributed by atoms with Gasteiger partial charge in [-0.3, -0.25) is 4.90 Å². The molecule has 2 heterocycles. The highest BCUT2D eigenvalue weighted by molar-refractivity contribution is 7.88. The van der Waals surface area contributed by atoms with Gasteiger partial charge in [0.1, 0.15) is 11.6 Å². The molecule has 0 spiro atoms. The fraction of sp³-hybridized carbons (Fsp3) is 0.438. The van der Waals surface area contributed by atoms with E-state index in [0.29, 0.717) is 25.4 Å². The van der Waals surface area contributed by atoms with Crippen molar-refractivity contribution in [1.29, 1.82) is 0 Å². The first-order chi connectivity index (χ1) is 11.5. The van der Waals surface area contributed by atoms with Crippen molar-refractivity contribution in [3.05, 3.63) is 48.0 Å². The smallest absolute Gasteiger partial charge is 0.218 e. The van der Waals surface area contributed by atoms with Crippen LogP contribution in [0.5, 0.6) is 5.75 Å². The van der Waals surface area contributed by atoms with Crippen LogP contribution in [0.2, 0.25) is 0 Å². The summed E-state index contributed by atoms with van der Waals surface area (Å²) in [5.74, 6) is 1.42. The quantitative estimate of drug-likeness (QED) is 0.878. The third kappa shape index (κ3) is 3.61. The maximum Gasteiger partial charge on any atom is 0.218 e. The number of hydrogen-bond donors (Lipinski definition) is 1. The molecule has 1 aromatic carbocycles. The molecule has 0 bridgehead atoms. The zero-order chi connectivity index (χ0) is 17.2. The largest absolute Gasteiger partial charge is 0.497 e. The topological polar surface area (TPSA) is 78.5 Å². The second kappa shape index (κ2) is 6.92. The second-order valence-electron chi connectivity index (χ2n) is 5.94. The minimum atomic E-state index is -3.40. The standard InChI is InChI=1S/C16H22N4O3S/c1-19-8-9-20(11-15(19)16-17-6-7-18-16)24(21,22)12-13-4-3-5-14(10-13)23-2/h3-7,10,15H,8-9,11-12H2,1-2H3,(H,17,18)/t15-/m0/s1. The third-order valence-electron chi connectivity index (χ3n) is 4.32. The summed E-state index contributed by atoms with van der Waals surface area (Å²) in [6.07, 6.45) is 3.44. The van der Waals surface area contributed by atoms with Gasteiger partial charge in [0.15, 0.2) is 0 Å². The fourth-order valence-corrected chi connectivity index (χ4v) is 4.43. The molecule has 1 aromatic heterocycles. The summed E-state index contributed by atoms with van der Waals surface area (Å²) >= 11 is 0. The van der Waals surface area contributed by atoms with E-state index in [-0.39, 0.29) is 11.8 Å². The normalized spacial score (nSPS) is 20.2. The lowest BCUT2D eigenvalue weighted by Crippen LogP contribution is -2.49. The Morgan fingerprint density at radius 3 is 2.92 bits per heavy atom. The molecular formula is C16H22N4O3S. The van der Waals surface area contributed by atoms with Gasteiger partial charge in [-0.1, -0.05) is 12.1 Å². The molecule has 1 aliphatic rings. The SMILES string of the molecule is COc1cccc(CS(=O)(=O)N2CCN(C)[C@H](c3ncc[nH]3)C2)c1. The maximum atomic E-state index is 12.8. The van der Waals surface area contributed by atoms with Crippen LogP contribution in [0.3, 0.4) is 0 Å². The van der Waals surface area contributed by atoms with Crippen LogP contribution in [0.4, 0.5) is 0 Å². The molecule has 1 N–H and O–H groups in total. The summed E-state index contributed by atoms with van der Waals surface area (Å²) in [7, 11) is 0.157. The van der Waals surface area contributed by atoms with E-state index >= 15 is 0 Å². The van der Waals surface area contributed by atoms with Crippen molar-refractivity contribution >= 4 is 10.0 Å². The number of hydrogen-bond acceptors (Lipinski definition) is 5. The molecule has 0 radical (unpaired) electrons. The van der Waals surface area contributed by atoms with Crippen LogP contribution in [-0.4, -0.2) is 61.4 Å². The first kappa shape index (κ1) is 16.9. The van der Waals surface area contributed by atoms with Crippen molar-refractivity contribution in [3.63, 3.8) is 0 Å². The lowest BCUT2D eigenvalue weighted by molar-refractivity contribution is 0.142. The number of aromatic nitrogens is 2. The number of likely N-dealkylation sites (N-methyl/N-ethyl adjacent to an activating group) is 1. The minimum absolute atomic E-state index is 0.0290. The van der Waals surface area contributed by atoms with Gasteiger partial charge in [-0.2, -0.15) is 4.31 Å². The average molecular weight is 350 g/mol. The van der Waals surface area contributed by atoms with Gasteiger partial charge >= 0.3 is 0 Å². The van der Waals surface area contributed by atoms with Crippen LogP contribution in [0.15, 0.2) is 36.7 Å². The molecule has 1 saturated heterocycles. The van der Waals surface area contributed by atoms with Crippen LogP contribution in [-0.2, 0) is 15.8 Å². The number of imidazole rings is 1. The predicted molar refractivity (Wildman–Crippen MR) is 91.1 cm³/mol. The molecule has 8 heteroatoms. The summed E-state index contributed by atoms with van der Waals surface area (Å²) in [5, 5.41) is 0. The molecule has 3 rings (SSSR count). The maximum absolute atomic E-state index is 12.8. The van der Waals surface area contributed by atoms with Crippen LogP contribution < -0.4 is 4.74 Å². The number of benzene rings is 1. The van der Waals surface area contributed by atoms with Gasteiger partial charge in [-0.25, -0.2) is 13.4 Å².